The van der Waals surface area contributed by atoms with Gasteiger partial charge in [0.1, 0.15) is 16.9 Å². The predicted molar refractivity (Wildman–Crippen MR) is 142 cm³/mol. The summed E-state index contributed by atoms with van der Waals surface area (Å²) in [5.74, 6) is 1.17. The van der Waals surface area contributed by atoms with Crippen molar-refractivity contribution in [3.05, 3.63) is 42.2 Å². The molecule has 9 nitrogen and oxygen atoms in total. The van der Waals surface area contributed by atoms with Crippen molar-refractivity contribution in [2.75, 3.05) is 23.8 Å². The van der Waals surface area contributed by atoms with E-state index in [2.05, 4.69) is 38.2 Å². The Bertz CT molecular complexity index is 1280. The number of anilines is 1. The van der Waals surface area contributed by atoms with Crippen LogP contribution in [0.25, 0.3) is 28.1 Å². The van der Waals surface area contributed by atoms with Crippen molar-refractivity contribution in [2.45, 2.75) is 70.9 Å². The number of carbonyl (C=O) groups is 1. The van der Waals surface area contributed by atoms with E-state index < -0.39 is 5.60 Å². The average Bonchev–Trinajstić information content (AvgIpc) is 3.22. The highest BCUT2D eigenvalue weighted by Gasteiger charge is 2.27. The molecule has 1 saturated heterocycles. The lowest BCUT2D eigenvalue weighted by atomic mass is 9.97. The van der Waals surface area contributed by atoms with Crippen LogP contribution in [0.1, 0.15) is 65.0 Å². The van der Waals surface area contributed by atoms with E-state index in [1.807, 2.05) is 32.9 Å². The number of nitrogens with one attached hydrogen (secondary N) is 1. The van der Waals surface area contributed by atoms with Crippen LogP contribution in [0.4, 0.5) is 10.6 Å². The van der Waals surface area contributed by atoms with Gasteiger partial charge >= 0.3 is 6.09 Å². The van der Waals surface area contributed by atoms with Gasteiger partial charge in [0, 0.05) is 25.3 Å². The van der Waals surface area contributed by atoms with E-state index in [0.717, 1.165) is 67.0 Å². The summed E-state index contributed by atoms with van der Waals surface area (Å²) >= 11 is 0. The minimum Gasteiger partial charge on any atom is -0.444 e. The van der Waals surface area contributed by atoms with Crippen molar-refractivity contribution in [3.8, 4) is 11.4 Å². The van der Waals surface area contributed by atoms with Gasteiger partial charge in [-0.1, -0.05) is 6.08 Å². The van der Waals surface area contributed by atoms with Crippen molar-refractivity contribution < 1.29 is 9.53 Å². The summed E-state index contributed by atoms with van der Waals surface area (Å²) in [5.41, 5.74) is 10.5. The quantitative estimate of drug-likeness (QED) is 0.548. The number of imidazole rings is 1. The van der Waals surface area contributed by atoms with Crippen LogP contribution < -0.4 is 16.1 Å². The fraction of sp³-hybridized carbons (Fsp3) is 0.481. The lowest BCUT2D eigenvalue weighted by molar-refractivity contribution is 0.0495. The van der Waals surface area contributed by atoms with Crippen molar-refractivity contribution >= 4 is 28.6 Å². The monoisotopic (exact) mass is 489 g/mol. The standard InChI is InChI=1S/C27H35N7O2/c1-27(2,3)36-26(35)30-19-13-16-33(17-14-19)34-24(20-10-7-15-29-23(20)28)32-22-12-11-21(31-25(22)34)18-8-5-4-6-9-18/h7-8,10-12,15,19H,4-6,9,13-14,16-17H2,1-3H3,(H2,28,29)(H,30,35). The fourth-order valence-corrected chi connectivity index (χ4v) is 4.93. The zero-order valence-electron chi connectivity index (χ0n) is 21.3. The Morgan fingerprint density at radius 2 is 1.94 bits per heavy atom. The first-order valence-electron chi connectivity index (χ1n) is 12.8. The lowest BCUT2D eigenvalue weighted by Gasteiger charge is -2.35. The first-order valence-corrected chi connectivity index (χ1v) is 12.8. The van der Waals surface area contributed by atoms with E-state index in [-0.39, 0.29) is 12.1 Å². The van der Waals surface area contributed by atoms with Crippen molar-refractivity contribution in [1.29, 1.82) is 0 Å². The highest BCUT2D eigenvalue weighted by atomic mass is 16.6. The number of nitrogen functional groups attached to an aromatic ring is 1. The Kier molecular flexibility index (Phi) is 6.55. The molecular weight excluding hydrogens is 454 g/mol. The SMILES string of the molecule is CC(C)(C)OC(=O)NC1CCN(n2c(-c3cccnc3N)nc3ccc(C4=CCCCC4)nc32)CC1. The Balaban J connectivity index is 1.46. The highest BCUT2D eigenvalue weighted by molar-refractivity contribution is 5.82. The molecule has 0 radical (unpaired) electrons. The zero-order valence-corrected chi connectivity index (χ0v) is 21.3. The molecule has 5 rings (SSSR count). The Labute approximate surface area is 211 Å². The van der Waals surface area contributed by atoms with Crippen LogP contribution in [-0.2, 0) is 4.74 Å². The van der Waals surface area contributed by atoms with Gasteiger partial charge in [0.15, 0.2) is 11.5 Å². The van der Waals surface area contributed by atoms with Crippen molar-refractivity contribution in [1.82, 2.24) is 24.9 Å². The zero-order chi connectivity index (χ0) is 25.3. The van der Waals surface area contributed by atoms with E-state index in [1.54, 1.807) is 6.20 Å². The molecule has 1 amide bonds. The maximum absolute atomic E-state index is 12.3. The van der Waals surface area contributed by atoms with Gasteiger partial charge in [0.05, 0.1) is 11.3 Å². The maximum atomic E-state index is 12.3. The number of rotatable bonds is 4. The number of ether oxygens (including phenoxy) is 1. The Hall–Kier alpha value is -3.62. The smallest absolute Gasteiger partial charge is 0.407 e. The van der Waals surface area contributed by atoms with E-state index in [9.17, 15) is 4.79 Å². The number of nitrogens with two attached hydrogens (primary N) is 1. The number of fused-ring (bicyclic) bond motifs is 1. The van der Waals surface area contributed by atoms with Crippen LogP contribution in [-0.4, -0.2) is 50.5 Å². The lowest BCUT2D eigenvalue weighted by Crippen LogP contribution is -2.49. The molecule has 0 saturated carbocycles. The number of amides is 1. The van der Waals surface area contributed by atoms with E-state index in [1.165, 1.54) is 18.4 Å². The molecule has 3 aromatic rings. The summed E-state index contributed by atoms with van der Waals surface area (Å²) in [6.45, 7) is 7.07. The molecule has 36 heavy (non-hydrogen) atoms. The fourth-order valence-electron chi connectivity index (χ4n) is 4.93. The summed E-state index contributed by atoms with van der Waals surface area (Å²) in [7, 11) is 0. The maximum Gasteiger partial charge on any atom is 0.407 e. The van der Waals surface area contributed by atoms with E-state index in [0.29, 0.717) is 5.82 Å². The minimum absolute atomic E-state index is 0.0497. The van der Waals surface area contributed by atoms with Crippen LogP contribution in [0.5, 0.6) is 0 Å². The molecule has 4 heterocycles. The van der Waals surface area contributed by atoms with Crippen LogP contribution in [0.15, 0.2) is 36.5 Å². The van der Waals surface area contributed by atoms with Crippen LogP contribution in [0.2, 0.25) is 0 Å². The minimum atomic E-state index is -0.518. The molecule has 3 N–H and O–H groups in total. The van der Waals surface area contributed by atoms with E-state index in [4.69, 9.17) is 20.4 Å². The third kappa shape index (κ3) is 5.15. The number of aromatic nitrogens is 4. The molecule has 190 valence electrons. The molecule has 0 aromatic carbocycles. The number of pyridine rings is 2. The van der Waals surface area contributed by atoms with Gasteiger partial charge in [-0.2, -0.15) is 0 Å². The summed E-state index contributed by atoms with van der Waals surface area (Å²) in [6.07, 6.45) is 9.78. The molecule has 0 unspecified atom stereocenters. The van der Waals surface area contributed by atoms with Crippen LogP contribution in [0.3, 0.4) is 0 Å². The predicted octanol–water partition coefficient (Wildman–Crippen LogP) is 4.66. The number of alkyl carbamates (subject to hydrolysis) is 1. The van der Waals surface area contributed by atoms with Gasteiger partial charge in [0.2, 0.25) is 0 Å². The number of piperidine rings is 1. The first-order chi connectivity index (χ1) is 17.3. The first kappa shape index (κ1) is 24.1. The number of allylic oxidation sites excluding steroid dienone is 2. The number of nitrogens with zero attached hydrogens (tertiary/aromatic N) is 5. The molecule has 9 heteroatoms. The largest absolute Gasteiger partial charge is 0.444 e. The molecule has 3 aromatic heterocycles. The van der Waals surface area contributed by atoms with Crippen molar-refractivity contribution in [3.63, 3.8) is 0 Å². The van der Waals surface area contributed by atoms with Gasteiger partial charge in [-0.05, 0) is 89.1 Å². The van der Waals surface area contributed by atoms with Crippen LogP contribution in [0, 0.1) is 0 Å². The molecule has 1 fully saturated rings. The molecule has 0 spiro atoms. The second kappa shape index (κ2) is 9.79. The summed E-state index contributed by atoms with van der Waals surface area (Å²) in [6, 6.07) is 7.99. The second-order valence-electron chi connectivity index (χ2n) is 10.6. The average molecular weight is 490 g/mol. The Morgan fingerprint density at radius 3 is 2.64 bits per heavy atom. The van der Waals surface area contributed by atoms with Gasteiger partial charge in [-0.3, -0.25) is 0 Å². The third-order valence-corrected chi connectivity index (χ3v) is 6.66. The summed E-state index contributed by atoms with van der Waals surface area (Å²) < 4.78 is 7.54. The van der Waals surface area contributed by atoms with Gasteiger partial charge in [-0.25, -0.2) is 24.4 Å². The third-order valence-electron chi connectivity index (χ3n) is 6.66. The Morgan fingerprint density at radius 1 is 1.14 bits per heavy atom. The number of carbonyl (C=O) groups excluding carboxylic acids is 1. The molecule has 0 atom stereocenters. The van der Waals surface area contributed by atoms with Gasteiger partial charge in [-0.15, -0.1) is 0 Å². The van der Waals surface area contributed by atoms with Crippen molar-refractivity contribution in [2.24, 2.45) is 0 Å². The highest BCUT2D eigenvalue weighted by Crippen LogP contribution is 2.31. The summed E-state index contributed by atoms with van der Waals surface area (Å²) in [4.78, 5) is 26.6. The normalized spacial score (nSPS) is 17.2. The number of hydrogen-bond acceptors (Lipinski definition) is 7. The molecule has 0 bridgehead atoms. The van der Waals surface area contributed by atoms with E-state index >= 15 is 0 Å². The number of hydrogen-bond donors (Lipinski definition) is 2. The van der Waals surface area contributed by atoms with Crippen LogP contribution >= 0.6 is 0 Å². The second-order valence-corrected chi connectivity index (χ2v) is 10.6. The van der Waals surface area contributed by atoms with Gasteiger partial charge < -0.3 is 20.8 Å². The topological polar surface area (TPSA) is 111 Å². The molecule has 2 aliphatic rings. The van der Waals surface area contributed by atoms with Gasteiger partial charge in [0.25, 0.3) is 0 Å². The molecule has 1 aliphatic carbocycles. The summed E-state index contributed by atoms with van der Waals surface area (Å²) in [5, 5.41) is 5.27. The molecular formula is C27H35N7O2. The molecule has 1 aliphatic heterocycles.